The molecule has 3 rings (SSSR count). The second kappa shape index (κ2) is 8.79. The third kappa shape index (κ3) is 4.45. The van der Waals surface area contributed by atoms with Crippen molar-refractivity contribution >= 4 is 17.7 Å². The zero-order valence-electron chi connectivity index (χ0n) is 15.5. The van der Waals surface area contributed by atoms with Gasteiger partial charge in [0.05, 0.1) is 25.2 Å². The summed E-state index contributed by atoms with van der Waals surface area (Å²) in [6.07, 6.45) is 1.48. The summed E-state index contributed by atoms with van der Waals surface area (Å²) in [5.74, 6) is -0.855. The minimum Gasteiger partial charge on any atom is -0.502 e. The second-order valence-electron chi connectivity index (χ2n) is 6.10. The molecule has 0 bridgehead atoms. The molecule has 0 fully saturated rings. The van der Waals surface area contributed by atoms with Gasteiger partial charge in [-0.2, -0.15) is 5.10 Å². The highest BCUT2D eigenvalue weighted by Crippen LogP contribution is 2.34. The van der Waals surface area contributed by atoms with Crippen LogP contribution in [-0.2, 0) is 22.3 Å². The third-order valence-corrected chi connectivity index (χ3v) is 5.29. The molecule has 0 saturated carbocycles. The summed E-state index contributed by atoms with van der Waals surface area (Å²) in [5, 5.41) is 14.5. The molecule has 7 nitrogen and oxygen atoms in total. The fourth-order valence-corrected chi connectivity index (χ4v) is 3.64. The predicted molar refractivity (Wildman–Crippen MR) is 104 cm³/mol. The number of hydrogen-bond donors (Lipinski definition) is 1. The topological polar surface area (TPSA) is 94.6 Å². The van der Waals surface area contributed by atoms with Gasteiger partial charge in [0.25, 0.3) is 0 Å². The van der Waals surface area contributed by atoms with Crippen molar-refractivity contribution in [2.75, 3.05) is 7.11 Å². The van der Waals surface area contributed by atoms with Crippen LogP contribution < -0.4 is 5.43 Å². The summed E-state index contributed by atoms with van der Waals surface area (Å²) in [4.78, 5) is 25.3. The van der Waals surface area contributed by atoms with E-state index in [1.165, 1.54) is 24.9 Å². The molecule has 0 saturated heterocycles. The molecule has 2 heterocycles. The Morgan fingerprint density at radius 2 is 2.07 bits per heavy atom. The Bertz CT molecular complexity index is 1010. The average Bonchev–Trinajstić information content (AvgIpc) is 3.13. The summed E-state index contributed by atoms with van der Waals surface area (Å²) >= 11 is 1.50. The summed E-state index contributed by atoms with van der Waals surface area (Å²) in [5.41, 5.74) is 0.0682. The molecule has 1 atom stereocenters. The van der Waals surface area contributed by atoms with Crippen LogP contribution in [0.15, 0.2) is 62.8 Å². The molecule has 0 unspecified atom stereocenters. The van der Waals surface area contributed by atoms with Crippen molar-refractivity contribution in [3.8, 4) is 5.75 Å². The largest absolute Gasteiger partial charge is 0.502 e. The zero-order valence-corrected chi connectivity index (χ0v) is 16.3. The number of aromatic nitrogens is 2. The molecule has 0 radical (unpaired) electrons. The first kappa shape index (κ1) is 19.8. The van der Waals surface area contributed by atoms with E-state index in [2.05, 4.69) is 5.10 Å². The molecule has 1 aromatic carbocycles. The van der Waals surface area contributed by atoms with Crippen LogP contribution in [0.4, 0.5) is 0 Å². The maximum atomic E-state index is 12.3. The summed E-state index contributed by atoms with van der Waals surface area (Å²) in [7, 11) is 3.00. The molecule has 1 N–H and O–H groups in total. The minimum absolute atomic E-state index is 0.0326. The van der Waals surface area contributed by atoms with Crippen LogP contribution in [0.1, 0.15) is 29.6 Å². The third-order valence-electron chi connectivity index (χ3n) is 4.26. The van der Waals surface area contributed by atoms with Crippen LogP contribution >= 0.6 is 11.8 Å². The molecule has 8 heteroatoms. The maximum absolute atomic E-state index is 12.3. The zero-order chi connectivity index (χ0) is 20.1. The number of aromatic hydroxyl groups is 1. The molecule has 0 spiro atoms. The van der Waals surface area contributed by atoms with Crippen LogP contribution in [0.25, 0.3) is 0 Å². The quantitative estimate of drug-likeness (QED) is 0.481. The lowest BCUT2D eigenvalue weighted by molar-refractivity contribution is -0.141. The predicted octanol–water partition coefficient (Wildman–Crippen LogP) is 3.07. The van der Waals surface area contributed by atoms with Crippen molar-refractivity contribution in [1.29, 1.82) is 0 Å². The van der Waals surface area contributed by atoms with E-state index < -0.39 is 23.1 Å². The van der Waals surface area contributed by atoms with Gasteiger partial charge in [0.1, 0.15) is 5.76 Å². The second-order valence-corrected chi connectivity index (χ2v) is 7.15. The smallest absolute Gasteiger partial charge is 0.306 e. The van der Waals surface area contributed by atoms with E-state index in [1.807, 2.05) is 30.3 Å². The number of carbonyl (C=O) groups excluding carboxylic acids is 1. The molecule has 0 aliphatic carbocycles. The van der Waals surface area contributed by atoms with E-state index in [4.69, 9.17) is 9.15 Å². The molecule has 0 amide bonds. The highest BCUT2D eigenvalue weighted by Gasteiger charge is 2.28. The van der Waals surface area contributed by atoms with E-state index in [9.17, 15) is 14.7 Å². The first-order valence-electron chi connectivity index (χ1n) is 8.58. The highest BCUT2D eigenvalue weighted by molar-refractivity contribution is 7.98. The number of aryl methyl sites for hydroxylation is 1. The fraction of sp³-hybridized carbons (Fsp3) is 0.250. The number of methoxy groups -OCH3 is 1. The number of nitrogens with zero attached hydrogens (tertiary/aromatic N) is 2. The van der Waals surface area contributed by atoms with Gasteiger partial charge in [-0.1, -0.05) is 18.2 Å². The lowest BCUT2D eigenvalue weighted by Crippen LogP contribution is -2.16. The number of benzene rings is 1. The average molecular weight is 400 g/mol. The fourth-order valence-electron chi connectivity index (χ4n) is 2.84. The molecule has 146 valence electrons. The van der Waals surface area contributed by atoms with E-state index in [0.29, 0.717) is 17.2 Å². The molecular weight excluding hydrogens is 380 g/mol. The highest BCUT2D eigenvalue weighted by atomic mass is 32.2. The molecule has 28 heavy (non-hydrogen) atoms. The molecule has 0 aliphatic heterocycles. The van der Waals surface area contributed by atoms with Crippen molar-refractivity contribution in [3.05, 3.63) is 76.1 Å². The van der Waals surface area contributed by atoms with Crippen molar-refractivity contribution in [2.24, 2.45) is 7.05 Å². The lowest BCUT2D eigenvalue weighted by Gasteiger charge is -2.17. The Kier molecular flexibility index (Phi) is 6.20. The maximum Gasteiger partial charge on any atom is 0.306 e. The SMILES string of the molecule is COC(=O)C[C@H](c1oc(CSc2ccccc2)cc(=O)c1O)c1ccnn1C. The summed E-state index contributed by atoms with van der Waals surface area (Å²) in [6.45, 7) is 0. The number of esters is 1. The number of ether oxygens (including phenoxy) is 1. The Hall–Kier alpha value is -3.00. The molecule has 3 aromatic rings. The van der Waals surface area contributed by atoms with Gasteiger partial charge in [0.2, 0.25) is 11.2 Å². The molecule has 0 aliphatic rings. The van der Waals surface area contributed by atoms with E-state index in [1.54, 1.807) is 24.0 Å². The van der Waals surface area contributed by atoms with Gasteiger partial charge in [-0.3, -0.25) is 14.3 Å². The summed E-state index contributed by atoms with van der Waals surface area (Å²) < 4.78 is 12.2. The van der Waals surface area contributed by atoms with E-state index in [-0.39, 0.29) is 12.2 Å². The van der Waals surface area contributed by atoms with Gasteiger partial charge >= 0.3 is 5.97 Å². The monoisotopic (exact) mass is 400 g/mol. The molecule has 2 aromatic heterocycles. The van der Waals surface area contributed by atoms with Gasteiger partial charge in [-0.15, -0.1) is 11.8 Å². The number of carbonyl (C=O) groups is 1. The van der Waals surface area contributed by atoms with Gasteiger partial charge < -0.3 is 14.3 Å². The van der Waals surface area contributed by atoms with E-state index >= 15 is 0 Å². The van der Waals surface area contributed by atoms with Crippen LogP contribution in [0.3, 0.4) is 0 Å². The normalized spacial score (nSPS) is 11.9. The van der Waals surface area contributed by atoms with Gasteiger partial charge in [0.15, 0.2) is 5.76 Å². The van der Waals surface area contributed by atoms with Crippen molar-refractivity contribution in [2.45, 2.75) is 23.0 Å². The van der Waals surface area contributed by atoms with Gasteiger partial charge in [-0.05, 0) is 18.2 Å². The first-order chi connectivity index (χ1) is 13.5. The van der Waals surface area contributed by atoms with Crippen LogP contribution in [0.5, 0.6) is 5.75 Å². The summed E-state index contributed by atoms with van der Waals surface area (Å²) in [6, 6.07) is 12.7. The lowest BCUT2D eigenvalue weighted by atomic mass is 9.97. The van der Waals surface area contributed by atoms with Crippen molar-refractivity contribution in [1.82, 2.24) is 9.78 Å². The van der Waals surface area contributed by atoms with Crippen molar-refractivity contribution < 1.29 is 19.1 Å². The van der Waals surface area contributed by atoms with E-state index in [0.717, 1.165) is 4.90 Å². The Morgan fingerprint density at radius 1 is 1.32 bits per heavy atom. The number of rotatable bonds is 7. The first-order valence-corrected chi connectivity index (χ1v) is 9.56. The standard InChI is InChI=1S/C20H20N2O5S/c1-22-16(8-9-21-22)15(11-18(24)26-2)20-19(25)17(23)10-13(27-20)12-28-14-6-4-3-5-7-14/h3-10,15,25H,11-12H2,1-2H3/t15-/m0/s1. The Balaban J connectivity index is 1.97. The van der Waals surface area contributed by atoms with Crippen molar-refractivity contribution in [3.63, 3.8) is 0 Å². The molecular formula is C20H20N2O5S. The van der Waals surface area contributed by atoms with Gasteiger partial charge in [0, 0.05) is 29.9 Å². The Morgan fingerprint density at radius 3 is 2.71 bits per heavy atom. The Labute approximate surface area is 166 Å². The van der Waals surface area contributed by atoms with Crippen LogP contribution in [0, 0.1) is 0 Å². The van der Waals surface area contributed by atoms with Crippen LogP contribution in [-0.4, -0.2) is 28.0 Å². The minimum atomic E-state index is -0.700. The number of thioether (sulfide) groups is 1. The van der Waals surface area contributed by atoms with Crippen LogP contribution in [0.2, 0.25) is 0 Å². The van der Waals surface area contributed by atoms with Gasteiger partial charge in [-0.25, -0.2) is 0 Å². The number of hydrogen-bond acceptors (Lipinski definition) is 7.